The highest BCUT2D eigenvalue weighted by Gasteiger charge is 2.61. The van der Waals surface area contributed by atoms with Crippen molar-refractivity contribution in [1.29, 1.82) is 0 Å². The Morgan fingerprint density at radius 1 is 0.612 bits per heavy atom. The summed E-state index contributed by atoms with van der Waals surface area (Å²) in [6.07, 6.45) is 4.83. The lowest BCUT2D eigenvalue weighted by atomic mass is 9.33. The minimum atomic E-state index is -0.131. The predicted octanol–water partition coefficient (Wildman–Crippen LogP) is 14.6. The third kappa shape index (κ3) is 5.59. The Morgan fingerprint density at radius 3 is 2.10 bits per heavy atom. The lowest BCUT2D eigenvalue weighted by molar-refractivity contribution is 0.195. The van der Waals surface area contributed by atoms with Crippen LogP contribution in [0.15, 0.2) is 156 Å². The normalized spacial score (nSPS) is 19.4. The van der Waals surface area contributed by atoms with E-state index in [1.807, 2.05) is 0 Å². The Morgan fingerprint density at radius 2 is 1.30 bits per heavy atom. The topological polar surface area (TPSA) is 35.8 Å². The number of anilines is 8. The van der Waals surface area contributed by atoms with Crippen LogP contribution in [0.2, 0.25) is 0 Å². The van der Waals surface area contributed by atoms with Gasteiger partial charge in [-0.05, 0) is 118 Å². The van der Waals surface area contributed by atoms with Crippen molar-refractivity contribution in [2.75, 3.05) is 14.7 Å². The zero-order valence-electron chi connectivity index (χ0n) is 40.0. The molecular weight excluding hydrogens is 816 g/mol. The van der Waals surface area contributed by atoms with E-state index in [1.165, 1.54) is 80.2 Å². The zero-order chi connectivity index (χ0) is 45.8. The lowest BCUT2D eigenvalue weighted by Gasteiger charge is -2.53. The second kappa shape index (κ2) is 13.9. The summed E-state index contributed by atoms with van der Waals surface area (Å²) in [6, 6.07) is 56.5. The molecule has 7 aromatic carbocycles. The van der Waals surface area contributed by atoms with Gasteiger partial charge in [-0.15, -0.1) is 0 Å². The Balaban J connectivity index is 1.14. The van der Waals surface area contributed by atoms with Crippen LogP contribution in [-0.2, 0) is 16.2 Å². The van der Waals surface area contributed by atoms with Gasteiger partial charge in [0, 0.05) is 44.3 Å². The number of benzene rings is 7. The third-order valence-corrected chi connectivity index (χ3v) is 16.5. The number of rotatable bonds is 4. The summed E-state index contributed by atoms with van der Waals surface area (Å²) in [5.74, 6) is 1.79. The van der Waals surface area contributed by atoms with Gasteiger partial charge in [-0.3, -0.25) is 9.80 Å². The van der Waals surface area contributed by atoms with Crippen LogP contribution in [0.5, 0.6) is 0 Å². The number of fused-ring (bicyclic) bond motifs is 11. The van der Waals surface area contributed by atoms with Crippen molar-refractivity contribution in [3.05, 3.63) is 168 Å². The average Bonchev–Trinajstić information content (AvgIpc) is 3.81. The number of nitrogens with zero attached hydrogens (tertiary/aromatic N) is 4. The first-order valence-electron chi connectivity index (χ1n) is 24.5. The summed E-state index contributed by atoms with van der Waals surface area (Å²) in [4.78, 5) is 13.7. The number of furan rings is 1. The molecule has 0 amide bonds. The van der Waals surface area contributed by atoms with E-state index in [0.29, 0.717) is 0 Å². The van der Waals surface area contributed by atoms with Crippen molar-refractivity contribution in [3.8, 4) is 0 Å². The Labute approximate surface area is 395 Å². The molecule has 0 spiro atoms. The van der Waals surface area contributed by atoms with Gasteiger partial charge in [-0.1, -0.05) is 164 Å². The third-order valence-electron chi connectivity index (χ3n) is 16.5. The molecule has 2 aromatic heterocycles. The highest BCUT2D eigenvalue weighted by atomic mass is 16.3. The first kappa shape index (κ1) is 40.5. The maximum atomic E-state index is 6.98. The van der Waals surface area contributed by atoms with Crippen molar-refractivity contribution in [2.24, 2.45) is 0 Å². The molecule has 0 bridgehead atoms. The molecule has 1 fully saturated rings. The molecule has 67 heavy (non-hydrogen) atoms. The van der Waals surface area contributed by atoms with Crippen LogP contribution in [-0.4, -0.2) is 17.2 Å². The largest absolute Gasteiger partial charge is 0.454 e. The van der Waals surface area contributed by atoms with E-state index in [4.69, 9.17) is 9.40 Å². The molecule has 1 aliphatic carbocycles. The second-order valence-electron chi connectivity index (χ2n) is 22.3. The molecule has 0 N–H and O–H groups in total. The summed E-state index contributed by atoms with van der Waals surface area (Å²) in [7, 11) is 0. The van der Waals surface area contributed by atoms with Crippen LogP contribution in [0.1, 0.15) is 97.8 Å². The van der Waals surface area contributed by atoms with E-state index >= 15 is 0 Å². The number of para-hydroxylation sites is 3. The molecule has 5 nitrogen and oxygen atoms in total. The van der Waals surface area contributed by atoms with Crippen LogP contribution in [0.25, 0.3) is 32.7 Å². The van der Waals surface area contributed by atoms with Gasteiger partial charge in [0.25, 0.3) is 6.71 Å². The number of hydrogen-bond donors (Lipinski definition) is 0. The summed E-state index contributed by atoms with van der Waals surface area (Å²) in [5.41, 5.74) is 16.7. The van der Waals surface area contributed by atoms with Gasteiger partial charge >= 0.3 is 0 Å². The first-order chi connectivity index (χ1) is 32.2. The molecule has 9 aromatic rings. The quantitative estimate of drug-likeness (QED) is 0.165. The van der Waals surface area contributed by atoms with Gasteiger partial charge in [-0.2, -0.15) is 0 Å². The highest BCUT2D eigenvalue weighted by Crippen LogP contribution is 2.62. The average molecular weight is 873 g/mol. The van der Waals surface area contributed by atoms with E-state index in [9.17, 15) is 0 Å². The van der Waals surface area contributed by atoms with Crippen molar-refractivity contribution in [1.82, 2.24) is 4.98 Å². The summed E-state index contributed by atoms with van der Waals surface area (Å²) in [6.45, 7) is 19.0. The van der Waals surface area contributed by atoms with Crippen molar-refractivity contribution < 1.29 is 4.42 Å². The summed E-state index contributed by atoms with van der Waals surface area (Å²) in [5, 5.41) is 4.58. The zero-order valence-corrected chi connectivity index (χ0v) is 40.0. The molecule has 4 aliphatic rings. The van der Waals surface area contributed by atoms with Crippen molar-refractivity contribution in [2.45, 2.75) is 103 Å². The van der Waals surface area contributed by atoms with Gasteiger partial charge in [0.1, 0.15) is 17.2 Å². The highest BCUT2D eigenvalue weighted by molar-refractivity contribution is 7.00. The van der Waals surface area contributed by atoms with E-state index in [-0.39, 0.29) is 28.5 Å². The minimum Gasteiger partial charge on any atom is -0.454 e. The van der Waals surface area contributed by atoms with Gasteiger partial charge in [0.05, 0.1) is 16.9 Å². The Kier molecular flexibility index (Phi) is 8.39. The maximum Gasteiger partial charge on any atom is 0.254 e. The van der Waals surface area contributed by atoms with E-state index in [0.717, 1.165) is 57.1 Å². The molecule has 2 unspecified atom stereocenters. The van der Waals surface area contributed by atoms with Crippen LogP contribution in [0.3, 0.4) is 0 Å². The van der Waals surface area contributed by atoms with Gasteiger partial charge in [-0.25, -0.2) is 4.98 Å². The van der Waals surface area contributed by atoms with Crippen molar-refractivity contribution >= 4 is 102 Å². The molecule has 0 saturated heterocycles. The smallest absolute Gasteiger partial charge is 0.254 e. The second-order valence-corrected chi connectivity index (χ2v) is 22.3. The minimum absolute atomic E-state index is 0.0146. The molecule has 3 aliphatic heterocycles. The summed E-state index contributed by atoms with van der Waals surface area (Å²) >= 11 is 0. The number of aromatic nitrogens is 1. The fraction of sp³-hybridized carbons (Fsp3) is 0.262. The lowest BCUT2D eigenvalue weighted by Crippen LogP contribution is -2.64. The van der Waals surface area contributed by atoms with Crippen LogP contribution in [0.4, 0.5) is 45.8 Å². The molecule has 13 rings (SSSR count). The standard InChI is InChI=1S/C61H57BN4O/c1-58(2,3)39-28-30-41(31-29-39)64(48-25-15-19-38-18-9-10-20-42(38)48)53-33-32-47-57(63-53)65(49-26-16-22-44-43-21-11-12-27-52(43)67-56(44)49)50-36-40(59(4,5)6)37-51-54(50)62(47)46-24-17-23-45-55(46)66(51)61(8)35-14-13-34-60(45,61)7/h9-12,15-33,36-37H,13-14,34-35H2,1-8H3. The molecular formula is C61H57BN4O. The van der Waals surface area contributed by atoms with E-state index < -0.39 is 0 Å². The Bertz CT molecular complexity index is 3520. The van der Waals surface area contributed by atoms with Crippen LogP contribution in [0, 0.1) is 0 Å². The molecule has 2 atom stereocenters. The van der Waals surface area contributed by atoms with E-state index in [2.05, 4.69) is 222 Å². The number of hydrogen-bond acceptors (Lipinski definition) is 5. The fourth-order valence-corrected chi connectivity index (χ4v) is 12.8. The first-order valence-corrected chi connectivity index (χ1v) is 24.5. The van der Waals surface area contributed by atoms with Gasteiger partial charge < -0.3 is 9.32 Å². The van der Waals surface area contributed by atoms with E-state index in [1.54, 1.807) is 0 Å². The molecule has 330 valence electrons. The number of pyridine rings is 1. The van der Waals surface area contributed by atoms with Gasteiger partial charge in [0.15, 0.2) is 5.58 Å². The van der Waals surface area contributed by atoms with Gasteiger partial charge in [0.2, 0.25) is 0 Å². The molecule has 6 heteroatoms. The molecule has 0 radical (unpaired) electrons. The fourth-order valence-electron chi connectivity index (χ4n) is 12.8. The monoisotopic (exact) mass is 872 g/mol. The maximum absolute atomic E-state index is 6.98. The summed E-state index contributed by atoms with van der Waals surface area (Å²) < 4.78 is 6.98. The van der Waals surface area contributed by atoms with Crippen LogP contribution < -0.4 is 31.1 Å². The Hall–Kier alpha value is -6.79. The molecule has 5 heterocycles. The van der Waals surface area contributed by atoms with Crippen molar-refractivity contribution in [3.63, 3.8) is 0 Å². The SMILES string of the molecule is CC(C)(C)c1ccc(N(c2ccc3c(n2)N(c2cccc4c2oc2ccccc24)c2cc(C(C)(C)C)cc4c2B3c2cccc3c2N4C2(C)CCCCC32C)c2cccc3ccccc23)cc1. The molecule has 1 saturated carbocycles. The predicted molar refractivity (Wildman–Crippen MR) is 283 cm³/mol. The van der Waals surface area contributed by atoms with Crippen LogP contribution >= 0.6 is 0 Å².